The second-order valence-electron chi connectivity index (χ2n) is 7.17. The number of nitrogens with zero attached hydrogens (tertiary/aromatic N) is 2. The summed E-state index contributed by atoms with van der Waals surface area (Å²) in [5, 5.41) is 2.87. The van der Waals surface area contributed by atoms with Gasteiger partial charge in [0.05, 0.1) is 6.54 Å². The molecule has 1 fully saturated rings. The molecule has 1 aliphatic rings. The molecule has 0 saturated carbocycles. The van der Waals surface area contributed by atoms with Crippen molar-refractivity contribution in [2.45, 2.75) is 17.7 Å². The van der Waals surface area contributed by atoms with E-state index in [4.69, 9.17) is 0 Å². The van der Waals surface area contributed by atoms with Crippen LogP contribution in [0.2, 0.25) is 0 Å². The SMILES string of the molecule is O=C(CN1CCN(S(=O)(=O)c2c(F)cccc2F)CC1)NCCCc1ccccc1. The molecule has 9 heteroatoms. The molecule has 1 saturated heterocycles. The third kappa shape index (κ3) is 5.62. The van der Waals surface area contributed by atoms with Crippen LogP contribution in [-0.4, -0.2) is 62.8 Å². The summed E-state index contributed by atoms with van der Waals surface area (Å²) >= 11 is 0. The van der Waals surface area contributed by atoms with Crippen LogP contribution >= 0.6 is 0 Å². The smallest absolute Gasteiger partial charge is 0.249 e. The molecule has 0 unspecified atom stereocenters. The Morgan fingerprint density at radius 2 is 1.57 bits per heavy atom. The molecule has 0 aliphatic carbocycles. The Hall–Kier alpha value is -2.36. The lowest BCUT2D eigenvalue weighted by Crippen LogP contribution is -2.51. The van der Waals surface area contributed by atoms with Crippen LogP contribution in [0.1, 0.15) is 12.0 Å². The van der Waals surface area contributed by atoms with Gasteiger partial charge in [0.2, 0.25) is 15.9 Å². The standard InChI is InChI=1S/C21H25F2N3O3S/c22-18-9-4-10-19(23)21(18)30(28,29)26-14-12-25(13-15-26)16-20(27)24-11-5-8-17-6-2-1-3-7-17/h1-4,6-7,9-10H,5,8,11-16H2,(H,24,27). The fourth-order valence-corrected chi connectivity index (χ4v) is 4.94. The molecule has 0 bridgehead atoms. The van der Waals surface area contributed by atoms with Crippen molar-refractivity contribution in [2.75, 3.05) is 39.3 Å². The summed E-state index contributed by atoms with van der Waals surface area (Å²) in [6, 6.07) is 13.0. The third-order valence-electron chi connectivity index (χ3n) is 5.02. The topological polar surface area (TPSA) is 69.7 Å². The van der Waals surface area contributed by atoms with Gasteiger partial charge in [-0.15, -0.1) is 0 Å². The largest absolute Gasteiger partial charge is 0.355 e. The Balaban J connectivity index is 1.43. The second-order valence-corrected chi connectivity index (χ2v) is 9.04. The van der Waals surface area contributed by atoms with Gasteiger partial charge in [0.1, 0.15) is 11.6 Å². The fourth-order valence-electron chi connectivity index (χ4n) is 3.41. The number of piperazine rings is 1. The maximum absolute atomic E-state index is 13.9. The van der Waals surface area contributed by atoms with Crippen molar-refractivity contribution in [3.05, 3.63) is 65.7 Å². The van der Waals surface area contributed by atoms with Crippen molar-refractivity contribution in [3.8, 4) is 0 Å². The molecular formula is C21H25F2N3O3S. The molecule has 3 rings (SSSR count). The van der Waals surface area contributed by atoms with Gasteiger partial charge in [-0.05, 0) is 30.5 Å². The highest BCUT2D eigenvalue weighted by atomic mass is 32.2. The number of sulfonamides is 1. The molecule has 6 nitrogen and oxygen atoms in total. The number of hydrogen-bond donors (Lipinski definition) is 1. The summed E-state index contributed by atoms with van der Waals surface area (Å²) in [7, 11) is -4.26. The van der Waals surface area contributed by atoms with Gasteiger partial charge in [0.15, 0.2) is 4.90 Å². The van der Waals surface area contributed by atoms with Crippen molar-refractivity contribution < 1.29 is 22.0 Å². The van der Waals surface area contributed by atoms with Crippen LogP contribution in [0.25, 0.3) is 0 Å². The van der Waals surface area contributed by atoms with E-state index in [9.17, 15) is 22.0 Å². The monoisotopic (exact) mass is 437 g/mol. The summed E-state index contributed by atoms with van der Waals surface area (Å²) in [4.78, 5) is 13.0. The predicted molar refractivity (Wildman–Crippen MR) is 109 cm³/mol. The van der Waals surface area contributed by atoms with Crippen LogP contribution in [-0.2, 0) is 21.2 Å². The molecule has 162 valence electrons. The maximum Gasteiger partial charge on any atom is 0.249 e. The minimum Gasteiger partial charge on any atom is -0.355 e. The highest BCUT2D eigenvalue weighted by Gasteiger charge is 2.33. The van der Waals surface area contributed by atoms with E-state index in [0.717, 1.165) is 35.3 Å². The van der Waals surface area contributed by atoms with E-state index in [1.54, 1.807) is 0 Å². The highest BCUT2D eigenvalue weighted by molar-refractivity contribution is 7.89. The van der Waals surface area contributed by atoms with E-state index >= 15 is 0 Å². The van der Waals surface area contributed by atoms with Crippen LogP contribution in [0.5, 0.6) is 0 Å². The quantitative estimate of drug-likeness (QED) is 0.642. The number of aryl methyl sites for hydroxylation is 1. The maximum atomic E-state index is 13.9. The number of nitrogens with one attached hydrogen (secondary N) is 1. The molecule has 0 radical (unpaired) electrons. The third-order valence-corrected chi connectivity index (χ3v) is 6.97. The number of carbonyl (C=O) groups is 1. The summed E-state index contributed by atoms with van der Waals surface area (Å²) in [5.74, 6) is -2.33. The van der Waals surface area contributed by atoms with Crippen LogP contribution < -0.4 is 5.32 Å². The van der Waals surface area contributed by atoms with Crippen LogP contribution in [0, 0.1) is 11.6 Å². The van der Waals surface area contributed by atoms with E-state index in [-0.39, 0.29) is 25.5 Å². The molecule has 1 amide bonds. The highest BCUT2D eigenvalue weighted by Crippen LogP contribution is 2.23. The first-order valence-corrected chi connectivity index (χ1v) is 11.3. The Labute approximate surface area is 175 Å². The number of halogens is 2. The summed E-state index contributed by atoms with van der Waals surface area (Å²) in [5.41, 5.74) is 1.22. The van der Waals surface area contributed by atoms with Crippen LogP contribution in [0.3, 0.4) is 0 Å². The second kappa shape index (κ2) is 10.1. The molecule has 1 heterocycles. The van der Waals surface area contributed by atoms with Crippen molar-refractivity contribution in [3.63, 3.8) is 0 Å². The van der Waals surface area contributed by atoms with Gasteiger partial charge in [-0.2, -0.15) is 4.31 Å². The average molecular weight is 438 g/mol. The molecule has 0 spiro atoms. The van der Waals surface area contributed by atoms with Crippen LogP contribution in [0.15, 0.2) is 53.4 Å². The van der Waals surface area contributed by atoms with E-state index in [1.807, 2.05) is 35.2 Å². The van der Waals surface area contributed by atoms with Crippen molar-refractivity contribution >= 4 is 15.9 Å². The van der Waals surface area contributed by atoms with Crippen molar-refractivity contribution in [2.24, 2.45) is 0 Å². The molecule has 2 aromatic rings. The van der Waals surface area contributed by atoms with Gasteiger partial charge in [-0.3, -0.25) is 9.69 Å². The van der Waals surface area contributed by atoms with Crippen molar-refractivity contribution in [1.29, 1.82) is 0 Å². The van der Waals surface area contributed by atoms with E-state index in [2.05, 4.69) is 5.32 Å². The van der Waals surface area contributed by atoms with Gasteiger partial charge >= 0.3 is 0 Å². The molecular weight excluding hydrogens is 412 g/mol. The Kier molecular flexibility index (Phi) is 7.52. The normalized spacial score (nSPS) is 15.8. The van der Waals surface area contributed by atoms with E-state index in [0.29, 0.717) is 19.6 Å². The fraction of sp³-hybridized carbons (Fsp3) is 0.381. The number of rotatable bonds is 8. The minimum absolute atomic E-state index is 0.0669. The predicted octanol–water partition coefficient (Wildman–Crippen LogP) is 2.02. The summed E-state index contributed by atoms with van der Waals surface area (Å²) in [6.45, 7) is 1.48. The molecule has 1 N–H and O–H groups in total. The lowest BCUT2D eigenvalue weighted by Gasteiger charge is -2.33. The Morgan fingerprint density at radius 3 is 2.20 bits per heavy atom. The summed E-state index contributed by atoms with van der Waals surface area (Å²) in [6.07, 6.45) is 1.71. The number of hydrogen-bond acceptors (Lipinski definition) is 4. The molecule has 0 atom stereocenters. The summed E-state index contributed by atoms with van der Waals surface area (Å²) < 4.78 is 54.0. The number of benzene rings is 2. The van der Waals surface area contributed by atoms with Gasteiger partial charge in [0.25, 0.3) is 0 Å². The van der Waals surface area contributed by atoms with Gasteiger partial charge in [-0.25, -0.2) is 17.2 Å². The molecule has 1 aliphatic heterocycles. The van der Waals surface area contributed by atoms with Gasteiger partial charge in [0, 0.05) is 32.7 Å². The number of carbonyl (C=O) groups excluding carboxylic acids is 1. The lowest BCUT2D eigenvalue weighted by atomic mass is 10.1. The van der Waals surface area contributed by atoms with E-state index < -0.39 is 26.6 Å². The molecule has 2 aromatic carbocycles. The first kappa shape index (κ1) is 22.3. The number of amides is 1. The van der Waals surface area contributed by atoms with Crippen LogP contribution in [0.4, 0.5) is 8.78 Å². The Morgan fingerprint density at radius 1 is 0.933 bits per heavy atom. The zero-order valence-electron chi connectivity index (χ0n) is 16.6. The molecule has 30 heavy (non-hydrogen) atoms. The van der Waals surface area contributed by atoms with Gasteiger partial charge < -0.3 is 5.32 Å². The molecule has 0 aromatic heterocycles. The average Bonchev–Trinajstić information content (AvgIpc) is 2.72. The zero-order chi connectivity index (χ0) is 21.6. The van der Waals surface area contributed by atoms with E-state index in [1.165, 1.54) is 5.56 Å². The lowest BCUT2D eigenvalue weighted by molar-refractivity contribution is -0.122. The van der Waals surface area contributed by atoms with Gasteiger partial charge in [-0.1, -0.05) is 36.4 Å². The minimum atomic E-state index is -4.26. The first-order valence-electron chi connectivity index (χ1n) is 9.85. The first-order chi connectivity index (χ1) is 14.4. The van der Waals surface area contributed by atoms with Crippen molar-refractivity contribution in [1.82, 2.24) is 14.5 Å². The zero-order valence-corrected chi connectivity index (χ0v) is 17.4. The Bertz CT molecular complexity index is 942.